The molecule has 0 saturated carbocycles. The van der Waals surface area contributed by atoms with Crippen LogP contribution >= 0.6 is 0 Å². The third kappa shape index (κ3) is 5.12. The van der Waals surface area contributed by atoms with Crippen LogP contribution in [0.3, 0.4) is 0 Å². The fraction of sp³-hybridized carbons (Fsp3) is 0.308. The molecule has 0 amide bonds. The third-order valence-corrected chi connectivity index (χ3v) is 7.97. The highest BCUT2D eigenvalue weighted by molar-refractivity contribution is 7.89. The van der Waals surface area contributed by atoms with Crippen LogP contribution in [0.5, 0.6) is 11.5 Å². The van der Waals surface area contributed by atoms with Gasteiger partial charge in [-0.05, 0) is 48.9 Å². The van der Waals surface area contributed by atoms with Crippen LogP contribution in [0.15, 0.2) is 71.6 Å². The summed E-state index contributed by atoms with van der Waals surface area (Å²) < 4.78 is 54.1. The zero-order chi connectivity index (χ0) is 24.4. The quantitative estimate of drug-likeness (QED) is 0.537. The molecule has 3 aromatic rings. The van der Waals surface area contributed by atoms with Crippen LogP contribution in [0.4, 0.5) is 10.1 Å². The van der Waals surface area contributed by atoms with Crippen molar-refractivity contribution in [3.05, 3.63) is 83.7 Å². The third-order valence-electron chi connectivity index (χ3n) is 6.53. The summed E-state index contributed by atoms with van der Waals surface area (Å²) in [4.78, 5) is 4.49. The van der Waals surface area contributed by atoms with Gasteiger partial charge in [-0.15, -0.1) is 0 Å². The van der Waals surface area contributed by atoms with Crippen molar-refractivity contribution in [3.8, 4) is 11.5 Å². The fourth-order valence-corrected chi connectivity index (χ4v) is 5.59. The lowest BCUT2D eigenvalue weighted by Crippen LogP contribution is -2.50. The van der Waals surface area contributed by atoms with Gasteiger partial charge in [0.25, 0.3) is 0 Å². The number of nitrogens with one attached hydrogen (secondary N) is 1. The summed E-state index contributed by atoms with van der Waals surface area (Å²) in [6.07, 6.45) is 0. The number of aryl methyl sites for hydroxylation is 1. The predicted molar refractivity (Wildman–Crippen MR) is 132 cm³/mol. The smallest absolute Gasteiger partial charge is 0.240 e. The Bertz CT molecular complexity index is 1290. The Morgan fingerprint density at radius 1 is 0.943 bits per heavy atom. The average molecular weight is 498 g/mol. The van der Waals surface area contributed by atoms with Gasteiger partial charge in [0.05, 0.1) is 10.6 Å². The molecule has 0 bridgehead atoms. The molecule has 0 unspecified atom stereocenters. The number of sulfonamides is 1. The highest BCUT2D eigenvalue weighted by Gasteiger charge is 2.29. The highest BCUT2D eigenvalue weighted by Crippen LogP contribution is 2.36. The van der Waals surface area contributed by atoms with Crippen LogP contribution < -0.4 is 19.1 Å². The molecule has 2 aliphatic heterocycles. The standard InChI is InChI=1S/C26H28FN3O4S/c1-19-6-9-21(10-7-19)35(31,32)28-17-24(20-8-11-25-26(16-20)34-18-33-25)30-14-12-29(13-15-30)23-5-3-2-4-22(23)27/h2-11,16,24,28H,12-15,17-18H2,1H3/t24-/m1/s1. The predicted octanol–water partition coefficient (Wildman–Crippen LogP) is 3.70. The zero-order valence-corrected chi connectivity index (χ0v) is 20.3. The molecule has 184 valence electrons. The second-order valence-electron chi connectivity index (χ2n) is 8.77. The first-order valence-corrected chi connectivity index (χ1v) is 13.1. The van der Waals surface area contributed by atoms with E-state index in [2.05, 4.69) is 9.62 Å². The monoisotopic (exact) mass is 497 g/mol. The topological polar surface area (TPSA) is 71.1 Å². The van der Waals surface area contributed by atoms with E-state index in [1.54, 1.807) is 36.4 Å². The van der Waals surface area contributed by atoms with Crippen molar-refractivity contribution in [1.29, 1.82) is 0 Å². The Balaban J connectivity index is 1.36. The number of hydrogen-bond donors (Lipinski definition) is 1. The molecule has 3 aromatic carbocycles. The molecule has 9 heteroatoms. The molecule has 1 fully saturated rings. The first kappa shape index (κ1) is 23.6. The number of piperazine rings is 1. The zero-order valence-electron chi connectivity index (χ0n) is 19.5. The molecule has 0 radical (unpaired) electrons. The van der Waals surface area contributed by atoms with Gasteiger partial charge in [0, 0.05) is 38.8 Å². The first-order chi connectivity index (χ1) is 16.9. The Hall–Kier alpha value is -3.14. The summed E-state index contributed by atoms with van der Waals surface area (Å²) in [6.45, 7) is 4.85. The van der Waals surface area contributed by atoms with E-state index in [0.29, 0.717) is 43.4 Å². The lowest BCUT2D eigenvalue weighted by molar-refractivity contribution is 0.173. The maximum atomic E-state index is 14.3. The Kier molecular flexibility index (Phi) is 6.64. The molecule has 1 atom stereocenters. The number of anilines is 1. The Morgan fingerprint density at radius 3 is 2.40 bits per heavy atom. The SMILES string of the molecule is Cc1ccc(S(=O)(=O)NC[C@H](c2ccc3c(c2)OCO3)N2CCN(c3ccccc3F)CC2)cc1. The van der Waals surface area contributed by atoms with E-state index in [-0.39, 0.29) is 30.1 Å². The van der Waals surface area contributed by atoms with Gasteiger partial charge in [0.2, 0.25) is 16.8 Å². The minimum Gasteiger partial charge on any atom is -0.454 e. The lowest BCUT2D eigenvalue weighted by Gasteiger charge is -2.40. The number of nitrogens with zero attached hydrogens (tertiary/aromatic N) is 2. The maximum Gasteiger partial charge on any atom is 0.240 e. The molecule has 2 aliphatic rings. The summed E-state index contributed by atoms with van der Waals surface area (Å²) in [6, 6.07) is 19.1. The van der Waals surface area contributed by atoms with Crippen molar-refractivity contribution in [1.82, 2.24) is 9.62 Å². The van der Waals surface area contributed by atoms with E-state index in [1.165, 1.54) is 6.07 Å². The Morgan fingerprint density at radius 2 is 1.66 bits per heavy atom. The maximum absolute atomic E-state index is 14.3. The van der Waals surface area contributed by atoms with Crippen molar-refractivity contribution < 1.29 is 22.3 Å². The number of halogens is 1. The number of ether oxygens (including phenoxy) is 2. The second kappa shape index (κ2) is 9.85. The van der Waals surface area contributed by atoms with Crippen molar-refractivity contribution in [2.24, 2.45) is 0 Å². The number of fused-ring (bicyclic) bond motifs is 1. The normalized spacial score (nSPS) is 16.9. The van der Waals surface area contributed by atoms with Crippen LogP contribution in [0.2, 0.25) is 0 Å². The van der Waals surface area contributed by atoms with Crippen LogP contribution in [0, 0.1) is 12.7 Å². The first-order valence-electron chi connectivity index (χ1n) is 11.6. The van der Waals surface area contributed by atoms with E-state index >= 15 is 0 Å². The summed E-state index contributed by atoms with van der Waals surface area (Å²) in [5.41, 5.74) is 2.52. The largest absolute Gasteiger partial charge is 0.454 e. The minimum absolute atomic E-state index is 0.171. The lowest BCUT2D eigenvalue weighted by atomic mass is 10.0. The average Bonchev–Trinajstić information content (AvgIpc) is 3.33. The molecule has 1 N–H and O–H groups in total. The summed E-state index contributed by atoms with van der Waals surface area (Å²) in [5.74, 6) is 1.09. The number of hydrogen-bond acceptors (Lipinski definition) is 6. The highest BCUT2D eigenvalue weighted by atomic mass is 32.2. The van der Waals surface area contributed by atoms with Crippen molar-refractivity contribution >= 4 is 15.7 Å². The molecule has 0 spiro atoms. The summed E-state index contributed by atoms with van der Waals surface area (Å²) >= 11 is 0. The van der Waals surface area contributed by atoms with Gasteiger partial charge in [-0.25, -0.2) is 17.5 Å². The fourth-order valence-electron chi connectivity index (χ4n) is 4.55. The van der Waals surface area contributed by atoms with E-state index in [0.717, 1.165) is 11.1 Å². The van der Waals surface area contributed by atoms with Gasteiger partial charge in [-0.1, -0.05) is 35.9 Å². The van der Waals surface area contributed by atoms with Gasteiger partial charge in [0.15, 0.2) is 11.5 Å². The van der Waals surface area contributed by atoms with Crippen LogP contribution in [-0.2, 0) is 10.0 Å². The van der Waals surface area contributed by atoms with Crippen LogP contribution in [0.25, 0.3) is 0 Å². The Labute approximate surface area is 205 Å². The number of para-hydroxylation sites is 1. The molecule has 0 aliphatic carbocycles. The minimum atomic E-state index is -3.68. The van der Waals surface area contributed by atoms with Gasteiger partial charge < -0.3 is 14.4 Å². The van der Waals surface area contributed by atoms with Gasteiger partial charge in [-0.2, -0.15) is 0 Å². The summed E-state index contributed by atoms with van der Waals surface area (Å²) in [7, 11) is -3.68. The molecular formula is C26H28FN3O4S. The van der Waals surface area contributed by atoms with Crippen molar-refractivity contribution in [3.63, 3.8) is 0 Å². The molecule has 2 heterocycles. The van der Waals surface area contributed by atoms with Gasteiger partial charge in [-0.3, -0.25) is 4.90 Å². The van der Waals surface area contributed by atoms with Gasteiger partial charge >= 0.3 is 0 Å². The molecular weight excluding hydrogens is 469 g/mol. The molecule has 0 aromatic heterocycles. The van der Waals surface area contributed by atoms with E-state index in [1.807, 2.05) is 36.1 Å². The van der Waals surface area contributed by atoms with Crippen molar-refractivity contribution in [2.45, 2.75) is 17.9 Å². The number of rotatable bonds is 7. The van der Waals surface area contributed by atoms with Gasteiger partial charge in [0.1, 0.15) is 5.82 Å². The van der Waals surface area contributed by atoms with E-state index in [9.17, 15) is 12.8 Å². The van der Waals surface area contributed by atoms with Crippen LogP contribution in [0.1, 0.15) is 17.2 Å². The molecule has 5 rings (SSSR count). The summed E-state index contributed by atoms with van der Waals surface area (Å²) in [5, 5.41) is 0. The molecule has 7 nitrogen and oxygen atoms in total. The molecule has 35 heavy (non-hydrogen) atoms. The van der Waals surface area contributed by atoms with Crippen LogP contribution in [-0.4, -0.2) is 52.8 Å². The molecule has 1 saturated heterocycles. The van der Waals surface area contributed by atoms with Crippen molar-refractivity contribution in [2.75, 3.05) is 44.4 Å². The number of benzene rings is 3. The second-order valence-corrected chi connectivity index (χ2v) is 10.5. The van der Waals surface area contributed by atoms with E-state index in [4.69, 9.17) is 9.47 Å². The van der Waals surface area contributed by atoms with E-state index < -0.39 is 10.0 Å².